The molecule has 0 radical (unpaired) electrons. The third kappa shape index (κ3) is 3.74. The molecule has 0 N–H and O–H groups in total. The zero-order valence-corrected chi connectivity index (χ0v) is 21.0. The van der Waals surface area contributed by atoms with Crippen LogP contribution in [0.15, 0.2) is 11.6 Å². The largest absolute Gasteiger partial charge is 0.381 e. The summed E-state index contributed by atoms with van der Waals surface area (Å²) in [4.78, 5) is 0. The molecule has 0 aromatic heterocycles. The second-order valence-electron chi connectivity index (χ2n) is 12.5. The van der Waals surface area contributed by atoms with E-state index in [1.165, 1.54) is 77.0 Å². The Kier molecular flexibility index (Phi) is 6.80. The van der Waals surface area contributed by atoms with Crippen LogP contribution in [0.25, 0.3) is 0 Å². The van der Waals surface area contributed by atoms with Gasteiger partial charge in [-0.3, -0.25) is 0 Å². The molecular formula is C29H50O. The number of allylic oxidation sites excluding steroid dienone is 1. The van der Waals surface area contributed by atoms with Gasteiger partial charge in [0.05, 0.1) is 6.10 Å². The molecule has 0 heterocycles. The lowest BCUT2D eigenvalue weighted by Crippen LogP contribution is -2.51. The number of methoxy groups -OCH3 is 1. The third-order valence-corrected chi connectivity index (χ3v) is 11.0. The average molecular weight is 415 g/mol. The van der Waals surface area contributed by atoms with Gasteiger partial charge in [0, 0.05) is 7.11 Å². The van der Waals surface area contributed by atoms with Gasteiger partial charge < -0.3 is 4.74 Å². The van der Waals surface area contributed by atoms with Crippen molar-refractivity contribution in [3.8, 4) is 0 Å². The molecule has 4 aliphatic carbocycles. The van der Waals surface area contributed by atoms with Crippen LogP contribution in [-0.2, 0) is 4.74 Å². The first kappa shape index (κ1) is 22.9. The highest BCUT2D eigenvalue weighted by atomic mass is 16.5. The van der Waals surface area contributed by atoms with E-state index in [0.29, 0.717) is 16.9 Å². The summed E-state index contributed by atoms with van der Waals surface area (Å²) in [6.07, 6.45) is 20.2. The maximum absolute atomic E-state index is 5.77. The molecule has 3 fully saturated rings. The summed E-state index contributed by atoms with van der Waals surface area (Å²) < 4.78 is 5.77. The van der Waals surface area contributed by atoms with E-state index in [1.54, 1.807) is 5.57 Å². The summed E-state index contributed by atoms with van der Waals surface area (Å²) in [6, 6.07) is 0. The zero-order valence-electron chi connectivity index (χ0n) is 21.0. The first-order valence-corrected chi connectivity index (χ1v) is 13.6. The summed E-state index contributed by atoms with van der Waals surface area (Å²) in [5.41, 5.74) is 2.89. The lowest BCUT2D eigenvalue weighted by Gasteiger charge is -2.59. The maximum Gasteiger partial charge on any atom is 0.0608 e. The molecule has 0 bridgehead atoms. The summed E-state index contributed by atoms with van der Waals surface area (Å²) in [5, 5.41) is 0. The Morgan fingerprint density at radius 1 is 1.03 bits per heavy atom. The molecule has 8 atom stereocenters. The van der Waals surface area contributed by atoms with Gasteiger partial charge in [0.15, 0.2) is 0 Å². The van der Waals surface area contributed by atoms with Gasteiger partial charge >= 0.3 is 0 Å². The molecule has 0 aliphatic heterocycles. The van der Waals surface area contributed by atoms with Gasteiger partial charge in [-0.25, -0.2) is 0 Å². The van der Waals surface area contributed by atoms with Gasteiger partial charge in [-0.1, -0.05) is 65.5 Å². The molecule has 1 heteroatoms. The number of hydrogen-bond donors (Lipinski definition) is 0. The normalized spacial score (nSPS) is 44.2. The quantitative estimate of drug-likeness (QED) is 0.380. The fraction of sp³-hybridized carbons (Fsp3) is 0.931. The zero-order chi connectivity index (χ0) is 21.5. The van der Waals surface area contributed by atoms with Crippen molar-refractivity contribution < 1.29 is 4.74 Å². The number of ether oxygens (including phenoxy) is 1. The number of rotatable bonds is 7. The summed E-state index contributed by atoms with van der Waals surface area (Å²) >= 11 is 0. The SMILES string of the molecule is CCC12CCC3C(CC=C4CC(OC)CCC43C)C1CCC2C(C)CCCC(C)C. The number of fused-ring (bicyclic) bond motifs is 5. The highest BCUT2D eigenvalue weighted by molar-refractivity contribution is 5.25. The monoisotopic (exact) mass is 414 g/mol. The van der Waals surface area contributed by atoms with Crippen molar-refractivity contribution in [2.75, 3.05) is 7.11 Å². The van der Waals surface area contributed by atoms with Gasteiger partial charge in [-0.15, -0.1) is 0 Å². The average Bonchev–Trinajstić information content (AvgIpc) is 3.13. The second-order valence-corrected chi connectivity index (χ2v) is 12.5. The van der Waals surface area contributed by atoms with Crippen molar-refractivity contribution in [2.24, 2.45) is 46.3 Å². The molecule has 4 aliphatic rings. The second kappa shape index (κ2) is 8.92. The lowest BCUT2D eigenvalue weighted by molar-refractivity contribution is -0.0705. The van der Waals surface area contributed by atoms with E-state index in [0.717, 1.165) is 35.5 Å². The van der Waals surface area contributed by atoms with Gasteiger partial charge in [-0.2, -0.15) is 0 Å². The molecule has 30 heavy (non-hydrogen) atoms. The van der Waals surface area contributed by atoms with Crippen molar-refractivity contribution in [1.82, 2.24) is 0 Å². The van der Waals surface area contributed by atoms with Crippen LogP contribution in [0.4, 0.5) is 0 Å². The molecule has 0 spiro atoms. The minimum absolute atomic E-state index is 0.471. The van der Waals surface area contributed by atoms with Crippen LogP contribution in [0.2, 0.25) is 0 Å². The fourth-order valence-electron chi connectivity index (χ4n) is 9.28. The Morgan fingerprint density at radius 3 is 2.53 bits per heavy atom. The molecule has 0 saturated heterocycles. The Hall–Kier alpha value is -0.300. The van der Waals surface area contributed by atoms with E-state index >= 15 is 0 Å². The minimum atomic E-state index is 0.471. The Labute approximate surface area is 187 Å². The van der Waals surface area contributed by atoms with Crippen LogP contribution in [0.3, 0.4) is 0 Å². The van der Waals surface area contributed by atoms with E-state index in [4.69, 9.17) is 4.74 Å². The summed E-state index contributed by atoms with van der Waals surface area (Å²) in [6.45, 7) is 12.6. The first-order chi connectivity index (χ1) is 14.4. The van der Waals surface area contributed by atoms with Crippen molar-refractivity contribution >= 4 is 0 Å². The minimum Gasteiger partial charge on any atom is -0.381 e. The van der Waals surface area contributed by atoms with Crippen LogP contribution >= 0.6 is 0 Å². The van der Waals surface area contributed by atoms with Crippen molar-refractivity contribution in [2.45, 2.75) is 118 Å². The van der Waals surface area contributed by atoms with Crippen molar-refractivity contribution in [1.29, 1.82) is 0 Å². The Balaban J connectivity index is 1.52. The molecule has 8 unspecified atom stereocenters. The van der Waals surface area contributed by atoms with E-state index in [-0.39, 0.29) is 0 Å². The molecule has 1 nitrogen and oxygen atoms in total. The first-order valence-electron chi connectivity index (χ1n) is 13.6. The van der Waals surface area contributed by atoms with Gasteiger partial charge in [0.25, 0.3) is 0 Å². The lowest BCUT2D eigenvalue weighted by atomic mass is 9.46. The third-order valence-electron chi connectivity index (χ3n) is 11.0. The highest BCUT2D eigenvalue weighted by Crippen LogP contribution is 2.68. The van der Waals surface area contributed by atoms with Gasteiger partial charge in [0.2, 0.25) is 0 Å². The smallest absolute Gasteiger partial charge is 0.0608 e. The van der Waals surface area contributed by atoms with Gasteiger partial charge in [0.1, 0.15) is 0 Å². The predicted octanol–water partition coefficient (Wildman–Crippen LogP) is 8.43. The number of hydrogen-bond acceptors (Lipinski definition) is 1. The summed E-state index contributed by atoms with van der Waals surface area (Å²) in [7, 11) is 1.91. The van der Waals surface area contributed by atoms with Crippen molar-refractivity contribution in [3.05, 3.63) is 11.6 Å². The molecule has 172 valence electrons. The molecular weight excluding hydrogens is 364 g/mol. The van der Waals surface area contributed by atoms with Crippen LogP contribution in [0, 0.1) is 46.3 Å². The van der Waals surface area contributed by atoms with Crippen LogP contribution in [0.1, 0.15) is 112 Å². The maximum atomic E-state index is 5.77. The molecule has 0 amide bonds. The Bertz CT molecular complexity index is 620. The molecule has 0 aromatic carbocycles. The fourth-order valence-corrected chi connectivity index (χ4v) is 9.28. The van der Waals surface area contributed by atoms with Gasteiger partial charge in [-0.05, 0) is 104 Å². The van der Waals surface area contributed by atoms with E-state index in [2.05, 4.69) is 40.7 Å². The van der Waals surface area contributed by atoms with E-state index in [1.807, 2.05) is 7.11 Å². The van der Waals surface area contributed by atoms with Crippen LogP contribution in [0.5, 0.6) is 0 Å². The standard InChI is InChI=1S/C29H50O/c1-7-29-18-16-26-24(12-11-22-19-23(30-6)15-17-28(22,26)5)27(29)14-13-25(29)21(4)10-8-9-20(2)3/h11,20-21,23-27H,7-10,12-19H2,1-6H3. The van der Waals surface area contributed by atoms with Crippen LogP contribution < -0.4 is 0 Å². The van der Waals surface area contributed by atoms with E-state index < -0.39 is 0 Å². The Morgan fingerprint density at radius 2 is 1.83 bits per heavy atom. The van der Waals surface area contributed by atoms with E-state index in [9.17, 15) is 0 Å². The highest BCUT2D eigenvalue weighted by Gasteiger charge is 2.60. The van der Waals surface area contributed by atoms with Crippen LogP contribution in [-0.4, -0.2) is 13.2 Å². The molecule has 0 aromatic rings. The predicted molar refractivity (Wildman–Crippen MR) is 128 cm³/mol. The van der Waals surface area contributed by atoms with Crippen molar-refractivity contribution in [3.63, 3.8) is 0 Å². The summed E-state index contributed by atoms with van der Waals surface area (Å²) in [5.74, 6) is 5.67. The molecule has 4 rings (SSSR count). The molecule has 3 saturated carbocycles. The topological polar surface area (TPSA) is 9.23 Å².